The number of hydrogen-bond donors (Lipinski definition) is 1. The second kappa shape index (κ2) is 5.06. The van der Waals surface area contributed by atoms with E-state index in [0.29, 0.717) is 0 Å². The fourth-order valence-electron chi connectivity index (χ4n) is 3.12. The molecule has 0 unspecified atom stereocenters. The summed E-state index contributed by atoms with van der Waals surface area (Å²) in [6, 6.07) is 4.33. The van der Waals surface area contributed by atoms with Crippen LogP contribution in [0, 0.1) is 27.7 Å². The summed E-state index contributed by atoms with van der Waals surface area (Å²) in [4.78, 5) is 8.05. The van der Waals surface area contributed by atoms with E-state index in [1.54, 1.807) is 11.3 Å². The lowest BCUT2D eigenvalue weighted by Gasteiger charge is -2.07. The monoisotopic (exact) mass is 323 g/mol. The number of fused-ring (bicyclic) bond motifs is 1. The Kier molecular flexibility index (Phi) is 3.13. The van der Waals surface area contributed by atoms with E-state index in [2.05, 4.69) is 44.9 Å². The van der Waals surface area contributed by atoms with E-state index in [1.165, 1.54) is 11.1 Å². The maximum absolute atomic E-state index is 5.35. The fraction of sp³-hybridized carbons (Fsp3) is 0.222. The number of benzene rings is 1. The van der Waals surface area contributed by atoms with Crippen molar-refractivity contribution >= 4 is 22.4 Å². The maximum atomic E-state index is 5.35. The third-order valence-electron chi connectivity index (χ3n) is 4.17. The molecular weight excluding hydrogens is 306 g/mol. The molecule has 4 nitrogen and oxygen atoms in total. The molecule has 3 heterocycles. The van der Waals surface area contributed by atoms with Crippen LogP contribution in [0.25, 0.3) is 33.3 Å². The predicted molar refractivity (Wildman–Crippen MR) is 93.9 cm³/mol. The molecular formula is C18H17N3OS. The average Bonchev–Trinajstić information content (AvgIpc) is 3.17. The molecule has 0 amide bonds. The van der Waals surface area contributed by atoms with Crippen molar-refractivity contribution in [3.8, 4) is 22.3 Å². The Hall–Kier alpha value is -2.40. The van der Waals surface area contributed by atoms with Gasteiger partial charge in [0.1, 0.15) is 11.6 Å². The van der Waals surface area contributed by atoms with Gasteiger partial charge in [0.25, 0.3) is 0 Å². The van der Waals surface area contributed by atoms with Gasteiger partial charge in [0.2, 0.25) is 0 Å². The Morgan fingerprint density at radius 1 is 1.04 bits per heavy atom. The normalized spacial score (nSPS) is 11.5. The number of aryl methyl sites for hydroxylation is 4. The van der Waals surface area contributed by atoms with Crippen molar-refractivity contribution in [3.63, 3.8) is 0 Å². The van der Waals surface area contributed by atoms with Gasteiger partial charge < -0.3 is 9.51 Å². The molecule has 4 rings (SSSR count). The third kappa shape index (κ3) is 2.19. The van der Waals surface area contributed by atoms with Crippen LogP contribution in [0.3, 0.4) is 0 Å². The number of hydrogen-bond acceptors (Lipinski definition) is 4. The van der Waals surface area contributed by atoms with Crippen LogP contribution in [0.5, 0.6) is 0 Å². The fourth-order valence-corrected chi connectivity index (χ4v) is 3.97. The van der Waals surface area contributed by atoms with Crippen LogP contribution >= 0.6 is 11.3 Å². The van der Waals surface area contributed by atoms with Crippen molar-refractivity contribution in [2.75, 3.05) is 0 Å². The second-order valence-electron chi connectivity index (χ2n) is 5.91. The molecule has 0 aliphatic rings. The molecule has 1 N–H and O–H groups in total. The SMILES string of the molecule is Cc1nc2c(-c3cscc3C)cc(-c3c(C)noc3C)cc2[nH]1. The minimum atomic E-state index is 0.839. The number of thiophene rings is 1. The topological polar surface area (TPSA) is 54.7 Å². The van der Waals surface area contributed by atoms with Crippen LogP contribution in [0.2, 0.25) is 0 Å². The van der Waals surface area contributed by atoms with Gasteiger partial charge in [0.05, 0.1) is 16.7 Å². The zero-order valence-electron chi connectivity index (χ0n) is 13.5. The van der Waals surface area contributed by atoms with Crippen molar-refractivity contribution in [2.24, 2.45) is 0 Å². The van der Waals surface area contributed by atoms with Crippen molar-refractivity contribution in [3.05, 3.63) is 45.7 Å². The molecule has 0 saturated heterocycles. The van der Waals surface area contributed by atoms with Gasteiger partial charge >= 0.3 is 0 Å². The van der Waals surface area contributed by atoms with Crippen LogP contribution in [-0.4, -0.2) is 15.1 Å². The first-order chi connectivity index (χ1) is 11.0. The molecule has 0 spiro atoms. The average molecular weight is 323 g/mol. The van der Waals surface area contributed by atoms with Gasteiger partial charge in [-0.3, -0.25) is 0 Å². The van der Waals surface area contributed by atoms with Gasteiger partial charge in [-0.15, -0.1) is 0 Å². The Bertz CT molecular complexity index is 1000. The van der Waals surface area contributed by atoms with Crippen molar-refractivity contribution in [2.45, 2.75) is 27.7 Å². The second-order valence-corrected chi connectivity index (χ2v) is 6.65. The molecule has 5 heteroatoms. The Morgan fingerprint density at radius 2 is 1.87 bits per heavy atom. The van der Waals surface area contributed by atoms with Crippen LogP contribution in [0.1, 0.15) is 22.8 Å². The number of H-pyrrole nitrogens is 1. The summed E-state index contributed by atoms with van der Waals surface area (Å²) < 4.78 is 5.35. The highest BCUT2D eigenvalue weighted by Crippen LogP contribution is 2.37. The molecule has 0 atom stereocenters. The van der Waals surface area contributed by atoms with Crippen LogP contribution in [0.15, 0.2) is 27.4 Å². The smallest absolute Gasteiger partial charge is 0.141 e. The van der Waals surface area contributed by atoms with E-state index in [1.807, 2.05) is 20.8 Å². The van der Waals surface area contributed by atoms with Gasteiger partial charge in [0, 0.05) is 11.1 Å². The summed E-state index contributed by atoms with van der Waals surface area (Å²) >= 11 is 1.72. The van der Waals surface area contributed by atoms with Crippen LogP contribution in [-0.2, 0) is 0 Å². The molecule has 1 aromatic carbocycles. The quantitative estimate of drug-likeness (QED) is 0.553. The lowest BCUT2D eigenvalue weighted by molar-refractivity contribution is 0.393. The third-order valence-corrected chi connectivity index (χ3v) is 5.03. The molecule has 0 aliphatic heterocycles. The largest absolute Gasteiger partial charge is 0.361 e. The zero-order chi connectivity index (χ0) is 16.1. The summed E-state index contributed by atoms with van der Waals surface area (Å²) in [6.45, 7) is 8.05. The van der Waals surface area contributed by atoms with Gasteiger partial charge in [0.15, 0.2) is 0 Å². The highest BCUT2D eigenvalue weighted by Gasteiger charge is 2.17. The summed E-state index contributed by atoms with van der Waals surface area (Å²) in [5.41, 5.74) is 8.80. The standard InChI is InChI=1S/C18H17N3OS/c1-9-7-23-8-15(9)14-5-13(17-10(2)21-22-11(17)3)6-16-18(14)20-12(4)19-16/h5-8H,1-4H3,(H,19,20). The zero-order valence-corrected chi connectivity index (χ0v) is 14.3. The van der Waals surface area contributed by atoms with Crippen molar-refractivity contribution < 1.29 is 4.52 Å². The predicted octanol–water partition coefficient (Wildman–Crippen LogP) is 5.18. The van der Waals surface area contributed by atoms with E-state index in [-0.39, 0.29) is 0 Å². The van der Waals surface area contributed by atoms with E-state index in [0.717, 1.165) is 45.0 Å². The minimum absolute atomic E-state index is 0.839. The van der Waals surface area contributed by atoms with Gasteiger partial charge in [-0.05, 0) is 67.3 Å². The maximum Gasteiger partial charge on any atom is 0.141 e. The molecule has 116 valence electrons. The molecule has 23 heavy (non-hydrogen) atoms. The van der Waals surface area contributed by atoms with E-state index in [9.17, 15) is 0 Å². The number of nitrogens with zero attached hydrogens (tertiary/aromatic N) is 2. The first-order valence-electron chi connectivity index (χ1n) is 7.51. The Morgan fingerprint density at radius 3 is 2.52 bits per heavy atom. The lowest BCUT2D eigenvalue weighted by atomic mass is 9.96. The van der Waals surface area contributed by atoms with Crippen LogP contribution < -0.4 is 0 Å². The van der Waals surface area contributed by atoms with E-state index < -0.39 is 0 Å². The number of aromatic amines is 1. The number of aromatic nitrogens is 3. The van der Waals surface area contributed by atoms with Gasteiger partial charge in [-0.25, -0.2) is 4.98 Å². The van der Waals surface area contributed by atoms with Gasteiger partial charge in [-0.1, -0.05) is 5.16 Å². The highest BCUT2D eigenvalue weighted by molar-refractivity contribution is 7.08. The molecule has 0 aliphatic carbocycles. The summed E-state index contributed by atoms with van der Waals surface area (Å²) in [6.07, 6.45) is 0. The summed E-state index contributed by atoms with van der Waals surface area (Å²) in [5, 5.41) is 8.44. The van der Waals surface area contributed by atoms with E-state index in [4.69, 9.17) is 4.52 Å². The van der Waals surface area contributed by atoms with Crippen LogP contribution in [0.4, 0.5) is 0 Å². The van der Waals surface area contributed by atoms with E-state index >= 15 is 0 Å². The first-order valence-corrected chi connectivity index (χ1v) is 8.45. The van der Waals surface area contributed by atoms with Crippen molar-refractivity contribution in [1.29, 1.82) is 0 Å². The highest BCUT2D eigenvalue weighted by atomic mass is 32.1. The first kappa shape index (κ1) is 14.2. The lowest BCUT2D eigenvalue weighted by Crippen LogP contribution is -1.87. The van der Waals surface area contributed by atoms with Gasteiger partial charge in [-0.2, -0.15) is 11.3 Å². The molecule has 0 radical (unpaired) electrons. The Labute approximate surface area is 138 Å². The Balaban J connectivity index is 2.07. The number of nitrogens with one attached hydrogen (secondary N) is 1. The number of rotatable bonds is 2. The molecule has 0 saturated carbocycles. The minimum Gasteiger partial charge on any atom is -0.361 e. The van der Waals surface area contributed by atoms with Crippen molar-refractivity contribution in [1.82, 2.24) is 15.1 Å². The molecule has 3 aromatic heterocycles. The molecule has 0 bridgehead atoms. The summed E-state index contributed by atoms with van der Waals surface area (Å²) in [7, 11) is 0. The molecule has 0 fully saturated rings. The molecule has 4 aromatic rings. The number of imidazole rings is 1. The summed E-state index contributed by atoms with van der Waals surface area (Å²) in [5.74, 6) is 1.76.